The van der Waals surface area contributed by atoms with Crippen molar-refractivity contribution in [2.75, 3.05) is 18.5 Å². The molecule has 4 nitrogen and oxygen atoms in total. The number of carbonyl (C=O) groups excluding carboxylic acids is 1. The highest BCUT2D eigenvalue weighted by Crippen LogP contribution is 2.16. The summed E-state index contributed by atoms with van der Waals surface area (Å²) < 4.78 is 0. The Hall–Kier alpha value is -1.42. The molecule has 0 bridgehead atoms. The van der Waals surface area contributed by atoms with Crippen molar-refractivity contribution >= 4 is 11.7 Å². The average molecular weight is 221 g/mol. The summed E-state index contributed by atoms with van der Waals surface area (Å²) >= 11 is 0. The van der Waals surface area contributed by atoms with Crippen LogP contribution in [0, 0.1) is 11.8 Å². The number of aromatic nitrogens is 1. The second-order valence-electron chi connectivity index (χ2n) is 4.17. The minimum atomic E-state index is -0.146. The predicted molar refractivity (Wildman–Crippen MR) is 65.0 cm³/mol. The van der Waals surface area contributed by atoms with Gasteiger partial charge in [-0.2, -0.15) is 0 Å². The van der Waals surface area contributed by atoms with E-state index in [-0.39, 0.29) is 17.7 Å². The van der Waals surface area contributed by atoms with Crippen molar-refractivity contribution in [3.63, 3.8) is 0 Å². The van der Waals surface area contributed by atoms with Crippen LogP contribution in [0.5, 0.6) is 0 Å². The quantitative estimate of drug-likeness (QED) is 0.833. The monoisotopic (exact) mass is 221 g/mol. The van der Waals surface area contributed by atoms with Crippen molar-refractivity contribution in [3.05, 3.63) is 24.4 Å². The molecule has 0 spiro atoms. The maximum absolute atomic E-state index is 12.1. The molecule has 1 unspecified atom stereocenters. The molecule has 1 atom stereocenters. The number of rotatable bonds is 4. The van der Waals surface area contributed by atoms with Crippen LogP contribution in [-0.2, 0) is 4.79 Å². The van der Waals surface area contributed by atoms with Crippen molar-refractivity contribution in [2.45, 2.75) is 13.8 Å². The first-order valence-electron chi connectivity index (χ1n) is 5.46. The Labute approximate surface area is 96.5 Å². The molecule has 0 aromatic carbocycles. The largest absolute Gasteiger partial charge is 0.330 e. The fraction of sp³-hybridized carbons (Fsp3) is 0.500. The van der Waals surface area contributed by atoms with Crippen LogP contribution < -0.4 is 10.6 Å². The molecule has 2 N–H and O–H groups in total. The van der Waals surface area contributed by atoms with Gasteiger partial charge in [0.15, 0.2) is 0 Å². The van der Waals surface area contributed by atoms with Gasteiger partial charge in [0, 0.05) is 19.8 Å². The number of carbonyl (C=O) groups is 1. The predicted octanol–water partition coefficient (Wildman–Crippen LogP) is 1.28. The zero-order valence-electron chi connectivity index (χ0n) is 10.1. The standard InChI is InChI=1S/C12H19N3O/c1-9(2)10(8-13)12(16)15(3)11-6-4-5-7-14-11/h4-7,9-10H,8,13H2,1-3H3. The number of hydrogen-bond donors (Lipinski definition) is 1. The summed E-state index contributed by atoms with van der Waals surface area (Å²) in [6.07, 6.45) is 1.67. The SMILES string of the molecule is CC(C)C(CN)C(=O)N(C)c1ccccn1. The van der Waals surface area contributed by atoms with Crippen molar-refractivity contribution in [3.8, 4) is 0 Å². The molecule has 16 heavy (non-hydrogen) atoms. The van der Waals surface area contributed by atoms with E-state index in [4.69, 9.17) is 5.73 Å². The van der Waals surface area contributed by atoms with Gasteiger partial charge in [-0.05, 0) is 18.1 Å². The lowest BCUT2D eigenvalue weighted by Crippen LogP contribution is -2.39. The Morgan fingerprint density at radius 2 is 2.19 bits per heavy atom. The van der Waals surface area contributed by atoms with Gasteiger partial charge in [-0.25, -0.2) is 4.98 Å². The van der Waals surface area contributed by atoms with Crippen molar-refractivity contribution in [1.82, 2.24) is 4.98 Å². The number of amides is 1. The summed E-state index contributed by atoms with van der Waals surface area (Å²) in [4.78, 5) is 17.8. The van der Waals surface area contributed by atoms with Crippen LogP contribution in [-0.4, -0.2) is 24.5 Å². The third-order valence-electron chi connectivity index (χ3n) is 2.70. The zero-order valence-corrected chi connectivity index (χ0v) is 10.1. The Kier molecular flexibility index (Phi) is 4.43. The van der Waals surface area contributed by atoms with Crippen LogP contribution in [0.4, 0.5) is 5.82 Å². The van der Waals surface area contributed by atoms with Gasteiger partial charge in [-0.3, -0.25) is 9.69 Å². The molecular formula is C12H19N3O. The molecule has 1 aromatic heterocycles. The van der Waals surface area contributed by atoms with Gasteiger partial charge >= 0.3 is 0 Å². The summed E-state index contributed by atoms with van der Waals surface area (Å²) in [6.45, 7) is 4.37. The summed E-state index contributed by atoms with van der Waals surface area (Å²) in [7, 11) is 1.73. The first-order valence-corrected chi connectivity index (χ1v) is 5.46. The zero-order chi connectivity index (χ0) is 12.1. The van der Waals surface area contributed by atoms with Crippen molar-refractivity contribution < 1.29 is 4.79 Å². The second kappa shape index (κ2) is 5.61. The molecule has 1 amide bonds. The van der Waals surface area contributed by atoms with E-state index in [0.29, 0.717) is 12.4 Å². The molecule has 88 valence electrons. The van der Waals surface area contributed by atoms with E-state index in [1.165, 1.54) is 0 Å². The summed E-state index contributed by atoms with van der Waals surface area (Å²) in [5, 5.41) is 0. The van der Waals surface area contributed by atoms with Crippen LogP contribution in [0.3, 0.4) is 0 Å². The van der Waals surface area contributed by atoms with Gasteiger partial charge < -0.3 is 5.73 Å². The van der Waals surface area contributed by atoms with Crippen LogP contribution in [0.25, 0.3) is 0 Å². The Balaban J connectivity index is 2.81. The van der Waals surface area contributed by atoms with Gasteiger partial charge in [0.1, 0.15) is 5.82 Å². The van der Waals surface area contributed by atoms with Gasteiger partial charge in [0.25, 0.3) is 0 Å². The maximum Gasteiger partial charge on any atom is 0.232 e. The molecule has 1 rings (SSSR count). The highest BCUT2D eigenvalue weighted by molar-refractivity contribution is 5.93. The number of pyridine rings is 1. The third kappa shape index (κ3) is 2.79. The van der Waals surface area contributed by atoms with Crippen LogP contribution in [0.15, 0.2) is 24.4 Å². The molecule has 0 radical (unpaired) electrons. The molecule has 1 heterocycles. The lowest BCUT2D eigenvalue weighted by molar-refractivity contribution is -0.123. The minimum absolute atomic E-state index is 0.0243. The van der Waals surface area contributed by atoms with Crippen molar-refractivity contribution in [2.24, 2.45) is 17.6 Å². The van der Waals surface area contributed by atoms with Gasteiger partial charge in [0.2, 0.25) is 5.91 Å². The highest BCUT2D eigenvalue weighted by Gasteiger charge is 2.24. The normalized spacial score (nSPS) is 12.6. The fourth-order valence-electron chi connectivity index (χ4n) is 1.57. The average Bonchev–Trinajstić information content (AvgIpc) is 2.29. The second-order valence-corrected chi connectivity index (χ2v) is 4.17. The van der Waals surface area contributed by atoms with Crippen LogP contribution in [0.1, 0.15) is 13.8 Å². The minimum Gasteiger partial charge on any atom is -0.330 e. The topological polar surface area (TPSA) is 59.2 Å². The number of nitrogens with two attached hydrogens (primary N) is 1. The molecule has 0 fully saturated rings. The van der Waals surface area contributed by atoms with Crippen LogP contribution >= 0.6 is 0 Å². The Morgan fingerprint density at radius 3 is 2.62 bits per heavy atom. The lowest BCUT2D eigenvalue weighted by Gasteiger charge is -2.24. The molecule has 4 heteroatoms. The van der Waals surface area contributed by atoms with E-state index in [1.807, 2.05) is 32.0 Å². The third-order valence-corrected chi connectivity index (χ3v) is 2.70. The summed E-state index contributed by atoms with van der Waals surface area (Å²) in [6, 6.07) is 5.50. The molecular weight excluding hydrogens is 202 g/mol. The summed E-state index contributed by atoms with van der Waals surface area (Å²) in [5.41, 5.74) is 5.62. The van der Waals surface area contributed by atoms with Gasteiger partial charge in [-0.1, -0.05) is 19.9 Å². The first kappa shape index (κ1) is 12.6. The van der Waals surface area contributed by atoms with E-state index in [0.717, 1.165) is 0 Å². The molecule has 0 saturated carbocycles. The fourth-order valence-corrected chi connectivity index (χ4v) is 1.57. The number of nitrogens with zero attached hydrogens (tertiary/aromatic N) is 2. The van der Waals surface area contributed by atoms with Gasteiger partial charge in [-0.15, -0.1) is 0 Å². The summed E-state index contributed by atoms with van der Waals surface area (Å²) in [5.74, 6) is 0.776. The number of anilines is 1. The molecule has 0 saturated heterocycles. The van der Waals surface area contributed by atoms with E-state index in [2.05, 4.69) is 4.98 Å². The highest BCUT2D eigenvalue weighted by atomic mass is 16.2. The molecule has 1 aromatic rings. The van der Waals surface area contributed by atoms with E-state index in [1.54, 1.807) is 18.1 Å². The van der Waals surface area contributed by atoms with E-state index < -0.39 is 0 Å². The first-order chi connectivity index (χ1) is 7.57. The van der Waals surface area contributed by atoms with Crippen LogP contribution in [0.2, 0.25) is 0 Å². The maximum atomic E-state index is 12.1. The Bertz CT molecular complexity index is 337. The van der Waals surface area contributed by atoms with E-state index >= 15 is 0 Å². The van der Waals surface area contributed by atoms with Gasteiger partial charge in [0.05, 0.1) is 5.92 Å². The Morgan fingerprint density at radius 1 is 1.50 bits per heavy atom. The molecule has 0 aliphatic heterocycles. The molecule has 0 aliphatic rings. The number of hydrogen-bond acceptors (Lipinski definition) is 3. The molecule has 0 aliphatic carbocycles. The smallest absolute Gasteiger partial charge is 0.232 e. The van der Waals surface area contributed by atoms with Crippen molar-refractivity contribution in [1.29, 1.82) is 0 Å². The lowest BCUT2D eigenvalue weighted by atomic mass is 9.94. The van der Waals surface area contributed by atoms with E-state index in [9.17, 15) is 4.79 Å².